The van der Waals surface area contributed by atoms with Crippen molar-refractivity contribution in [1.82, 2.24) is 15.6 Å². The van der Waals surface area contributed by atoms with Crippen molar-refractivity contribution in [3.63, 3.8) is 0 Å². The highest BCUT2D eigenvalue weighted by Gasteiger charge is 2.23. The number of nitrogens with one attached hydrogen (secondary N) is 2. The molecule has 2 aliphatic rings. The maximum Gasteiger partial charge on any atom is 0.315 e. The van der Waals surface area contributed by atoms with E-state index in [9.17, 15) is 4.79 Å². The predicted octanol–water partition coefficient (Wildman–Crippen LogP) is 1.67. The first-order chi connectivity index (χ1) is 12.1. The number of pyridine rings is 1. The van der Waals surface area contributed by atoms with E-state index >= 15 is 0 Å². The lowest BCUT2D eigenvalue weighted by Gasteiger charge is -2.32. The van der Waals surface area contributed by atoms with Crippen LogP contribution in [-0.2, 0) is 16.0 Å². The summed E-state index contributed by atoms with van der Waals surface area (Å²) in [5.41, 5.74) is 0.977. The Hall–Kier alpha value is -1.86. The average molecular weight is 348 g/mol. The Kier molecular flexibility index (Phi) is 6.09. The first kappa shape index (κ1) is 17.9. The molecule has 2 N–H and O–H groups in total. The van der Waals surface area contributed by atoms with Crippen LogP contribution in [0.1, 0.15) is 32.3 Å². The Morgan fingerprint density at radius 3 is 2.96 bits per heavy atom. The number of morpholine rings is 1. The Morgan fingerprint density at radius 1 is 1.40 bits per heavy atom. The predicted molar refractivity (Wildman–Crippen MR) is 95.7 cm³/mol. The number of hydrogen-bond acceptors (Lipinski definition) is 5. The Morgan fingerprint density at radius 2 is 2.28 bits per heavy atom. The summed E-state index contributed by atoms with van der Waals surface area (Å²) in [5.74, 6) is 0.954. The molecule has 3 rings (SSSR count). The van der Waals surface area contributed by atoms with E-state index in [-0.39, 0.29) is 24.3 Å². The standard InChI is InChI=1S/C18H28N4O3/c1-13-12-22(7-9-24-13)17-6-5-15(10-19-17)11-20-18(23)21-14(2)16-4-3-8-25-16/h5-6,10,13-14,16H,3-4,7-9,11-12H2,1-2H3,(H2,20,21,23)/t13-,14+,16-/m1/s1. The second-order valence-electron chi connectivity index (χ2n) is 6.82. The molecule has 3 atom stereocenters. The van der Waals surface area contributed by atoms with Gasteiger partial charge in [-0.05, 0) is 38.3 Å². The van der Waals surface area contributed by atoms with Crippen molar-refractivity contribution in [1.29, 1.82) is 0 Å². The van der Waals surface area contributed by atoms with Crippen LogP contribution in [0.25, 0.3) is 0 Å². The van der Waals surface area contributed by atoms with Gasteiger partial charge in [0.25, 0.3) is 0 Å². The van der Waals surface area contributed by atoms with Gasteiger partial charge in [-0.3, -0.25) is 0 Å². The van der Waals surface area contributed by atoms with Crippen molar-refractivity contribution >= 4 is 11.8 Å². The van der Waals surface area contributed by atoms with Gasteiger partial charge in [-0.2, -0.15) is 0 Å². The van der Waals surface area contributed by atoms with Gasteiger partial charge in [0.15, 0.2) is 0 Å². The van der Waals surface area contributed by atoms with Crippen LogP contribution in [0, 0.1) is 0 Å². The van der Waals surface area contributed by atoms with Gasteiger partial charge in [0, 0.05) is 32.4 Å². The molecule has 1 aromatic rings. The van der Waals surface area contributed by atoms with Crippen molar-refractivity contribution in [2.45, 2.75) is 51.5 Å². The van der Waals surface area contributed by atoms with Crippen LogP contribution < -0.4 is 15.5 Å². The molecule has 2 saturated heterocycles. The molecule has 138 valence electrons. The van der Waals surface area contributed by atoms with Gasteiger partial charge < -0.3 is 25.0 Å². The molecular formula is C18H28N4O3. The normalized spacial score (nSPS) is 24.8. The van der Waals surface area contributed by atoms with E-state index in [0.717, 1.165) is 50.5 Å². The van der Waals surface area contributed by atoms with E-state index < -0.39 is 0 Å². The quantitative estimate of drug-likeness (QED) is 0.847. The third kappa shape index (κ3) is 5.06. The second-order valence-corrected chi connectivity index (χ2v) is 6.82. The molecule has 0 aliphatic carbocycles. The molecular weight excluding hydrogens is 320 g/mol. The van der Waals surface area contributed by atoms with Crippen LogP contribution in [0.3, 0.4) is 0 Å². The van der Waals surface area contributed by atoms with Gasteiger partial charge in [-0.1, -0.05) is 6.07 Å². The summed E-state index contributed by atoms with van der Waals surface area (Å²) in [5, 5.41) is 5.82. The largest absolute Gasteiger partial charge is 0.376 e. The highest BCUT2D eigenvalue weighted by atomic mass is 16.5. The van der Waals surface area contributed by atoms with Crippen LogP contribution >= 0.6 is 0 Å². The number of rotatable bonds is 5. The molecule has 0 radical (unpaired) electrons. The van der Waals surface area contributed by atoms with Gasteiger partial charge in [0.1, 0.15) is 5.82 Å². The third-order valence-corrected chi connectivity index (χ3v) is 4.71. The summed E-state index contributed by atoms with van der Waals surface area (Å²) in [6.45, 7) is 7.74. The minimum atomic E-state index is -0.172. The molecule has 3 heterocycles. The minimum Gasteiger partial charge on any atom is -0.376 e. The lowest BCUT2D eigenvalue weighted by Crippen LogP contribution is -2.45. The first-order valence-corrected chi connectivity index (χ1v) is 9.09. The summed E-state index contributed by atoms with van der Waals surface area (Å²) in [6.07, 6.45) is 4.25. The van der Waals surface area contributed by atoms with Crippen LogP contribution in [0.5, 0.6) is 0 Å². The summed E-state index contributed by atoms with van der Waals surface area (Å²) in [6, 6.07) is 3.86. The van der Waals surface area contributed by atoms with Crippen molar-refractivity contribution < 1.29 is 14.3 Å². The monoisotopic (exact) mass is 348 g/mol. The highest BCUT2D eigenvalue weighted by Crippen LogP contribution is 2.16. The number of carbonyl (C=O) groups excluding carboxylic acids is 1. The number of anilines is 1. The second kappa shape index (κ2) is 8.49. The van der Waals surface area contributed by atoms with E-state index in [1.807, 2.05) is 25.3 Å². The fourth-order valence-electron chi connectivity index (χ4n) is 3.26. The van der Waals surface area contributed by atoms with E-state index in [1.54, 1.807) is 0 Å². The summed E-state index contributed by atoms with van der Waals surface area (Å²) < 4.78 is 11.1. The van der Waals surface area contributed by atoms with E-state index in [4.69, 9.17) is 9.47 Å². The number of ether oxygens (including phenoxy) is 2. The zero-order valence-corrected chi connectivity index (χ0v) is 15.0. The lowest BCUT2D eigenvalue weighted by molar-refractivity contribution is 0.0529. The van der Waals surface area contributed by atoms with Crippen LogP contribution in [0.2, 0.25) is 0 Å². The molecule has 0 spiro atoms. The number of aromatic nitrogens is 1. The van der Waals surface area contributed by atoms with Crippen LogP contribution in [0.4, 0.5) is 10.6 Å². The SMILES string of the molecule is C[C@@H]1CN(c2ccc(CNC(=O)N[C@@H](C)[C@H]3CCCO3)cn2)CCO1. The van der Waals surface area contributed by atoms with Crippen molar-refractivity contribution in [3.05, 3.63) is 23.9 Å². The maximum atomic E-state index is 12.0. The summed E-state index contributed by atoms with van der Waals surface area (Å²) >= 11 is 0. The molecule has 7 nitrogen and oxygen atoms in total. The number of carbonyl (C=O) groups is 1. The molecule has 1 aromatic heterocycles. The fourth-order valence-corrected chi connectivity index (χ4v) is 3.26. The van der Waals surface area contributed by atoms with Crippen molar-refractivity contribution in [3.8, 4) is 0 Å². The van der Waals surface area contributed by atoms with Crippen molar-refractivity contribution in [2.24, 2.45) is 0 Å². The zero-order valence-electron chi connectivity index (χ0n) is 15.0. The zero-order chi connectivity index (χ0) is 17.6. The summed E-state index contributed by atoms with van der Waals surface area (Å²) in [4.78, 5) is 18.8. The number of hydrogen-bond donors (Lipinski definition) is 2. The topological polar surface area (TPSA) is 75.7 Å². The van der Waals surface area contributed by atoms with Gasteiger partial charge in [0.2, 0.25) is 0 Å². The van der Waals surface area contributed by atoms with Gasteiger partial charge >= 0.3 is 6.03 Å². The lowest BCUT2D eigenvalue weighted by atomic mass is 10.1. The Labute approximate surface area is 149 Å². The van der Waals surface area contributed by atoms with Crippen LogP contribution in [-0.4, -0.2) is 55.6 Å². The molecule has 0 unspecified atom stereocenters. The third-order valence-electron chi connectivity index (χ3n) is 4.71. The molecule has 0 bridgehead atoms. The smallest absolute Gasteiger partial charge is 0.315 e. The van der Waals surface area contributed by atoms with Gasteiger partial charge in [0.05, 0.1) is 24.9 Å². The molecule has 0 aromatic carbocycles. The summed E-state index contributed by atoms with van der Waals surface area (Å²) in [7, 11) is 0. The average Bonchev–Trinajstić information content (AvgIpc) is 3.15. The van der Waals surface area contributed by atoms with E-state index in [0.29, 0.717) is 6.54 Å². The number of amides is 2. The minimum absolute atomic E-state index is 0.0197. The molecule has 7 heteroatoms. The van der Waals surface area contributed by atoms with E-state index in [1.165, 1.54) is 0 Å². The first-order valence-electron chi connectivity index (χ1n) is 9.09. The Balaban J connectivity index is 1.44. The molecule has 2 fully saturated rings. The maximum absolute atomic E-state index is 12.0. The number of nitrogens with zero attached hydrogens (tertiary/aromatic N) is 2. The highest BCUT2D eigenvalue weighted by molar-refractivity contribution is 5.74. The Bertz CT molecular complexity index is 560. The van der Waals surface area contributed by atoms with Gasteiger partial charge in [-0.15, -0.1) is 0 Å². The molecule has 2 aliphatic heterocycles. The molecule has 25 heavy (non-hydrogen) atoms. The molecule has 0 saturated carbocycles. The van der Waals surface area contributed by atoms with Gasteiger partial charge in [-0.25, -0.2) is 9.78 Å². The molecule has 2 amide bonds. The fraction of sp³-hybridized carbons (Fsp3) is 0.667. The van der Waals surface area contributed by atoms with Crippen molar-refractivity contribution in [2.75, 3.05) is 31.2 Å². The van der Waals surface area contributed by atoms with E-state index in [2.05, 4.69) is 27.4 Å². The number of urea groups is 1. The van der Waals surface area contributed by atoms with Crippen LogP contribution in [0.15, 0.2) is 18.3 Å².